The molecule has 0 saturated heterocycles. The van der Waals surface area contributed by atoms with Crippen LogP contribution in [0.15, 0.2) is 35.7 Å². The van der Waals surface area contributed by atoms with E-state index in [0.29, 0.717) is 6.54 Å². The van der Waals surface area contributed by atoms with E-state index < -0.39 is 0 Å². The van der Waals surface area contributed by atoms with Crippen molar-refractivity contribution in [2.45, 2.75) is 6.42 Å². The zero-order valence-electron chi connectivity index (χ0n) is 10.5. The van der Waals surface area contributed by atoms with E-state index >= 15 is 0 Å². The number of nitrogens with one attached hydrogen (secondary N) is 1. The molecular formula is C14H14INO2S. The normalized spacial score (nSPS) is 10.2. The summed E-state index contributed by atoms with van der Waals surface area (Å²) in [4.78, 5) is 11.8. The molecule has 1 aromatic heterocycles. The Balaban J connectivity index is 1.81. The Kier molecular flexibility index (Phi) is 5.21. The Labute approximate surface area is 130 Å². The summed E-state index contributed by atoms with van der Waals surface area (Å²) in [6.45, 7) is 0.636. The fourth-order valence-corrected chi connectivity index (χ4v) is 2.97. The van der Waals surface area contributed by atoms with Crippen LogP contribution in [0.25, 0.3) is 0 Å². The topological polar surface area (TPSA) is 38.3 Å². The Morgan fingerprint density at radius 3 is 2.68 bits per heavy atom. The minimum atomic E-state index is -0.00678. The van der Waals surface area contributed by atoms with Crippen molar-refractivity contribution >= 4 is 39.8 Å². The van der Waals surface area contributed by atoms with Gasteiger partial charge in [0, 0.05) is 11.9 Å². The molecule has 5 heteroatoms. The molecule has 0 unspecified atom stereocenters. The van der Waals surface area contributed by atoms with Gasteiger partial charge in [-0.2, -0.15) is 0 Å². The number of methoxy groups -OCH3 is 1. The highest BCUT2D eigenvalue weighted by Gasteiger charge is 2.06. The first kappa shape index (κ1) is 14.3. The summed E-state index contributed by atoms with van der Waals surface area (Å²) in [6.07, 6.45) is 0.816. The molecule has 1 aromatic carbocycles. The molecule has 3 nitrogen and oxygen atoms in total. The van der Waals surface area contributed by atoms with Crippen LogP contribution in [0.3, 0.4) is 0 Å². The molecule has 0 saturated carbocycles. The van der Waals surface area contributed by atoms with Gasteiger partial charge in [0.2, 0.25) is 0 Å². The van der Waals surface area contributed by atoms with E-state index in [4.69, 9.17) is 4.74 Å². The SMILES string of the molecule is COc1ccc(CCNC(=O)c2csc(I)c2)cc1. The second kappa shape index (κ2) is 6.91. The summed E-state index contributed by atoms with van der Waals surface area (Å²) < 4.78 is 6.23. The molecule has 2 rings (SSSR count). The van der Waals surface area contributed by atoms with E-state index in [1.54, 1.807) is 18.4 Å². The summed E-state index contributed by atoms with van der Waals surface area (Å²) in [7, 11) is 1.65. The molecule has 2 aromatic rings. The van der Waals surface area contributed by atoms with Crippen LogP contribution in [-0.4, -0.2) is 19.6 Å². The van der Waals surface area contributed by atoms with E-state index in [1.807, 2.05) is 35.7 Å². The van der Waals surface area contributed by atoms with E-state index in [9.17, 15) is 4.79 Å². The maximum Gasteiger partial charge on any atom is 0.252 e. The lowest BCUT2D eigenvalue weighted by atomic mass is 10.1. The van der Waals surface area contributed by atoms with Gasteiger partial charge in [-0.3, -0.25) is 4.79 Å². The zero-order valence-corrected chi connectivity index (χ0v) is 13.5. The maximum atomic E-state index is 11.8. The second-order valence-corrected chi connectivity index (χ2v) is 6.80. The number of benzene rings is 1. The van der Waals surface area contributed by atoms with Gasteiger partial charge >= 0.3 is 0 Å². The van der Waals surface area contributed by atoms with E-state index in [0.717, 1.165) is 20.6 Å². The summed E-state index contributed by atoms with van der Waals surface area (Å²) >= 11 is 3.79. The number of hydrogen-bond donors (Lipinski definition) is 1. The number of halogens is 1. The van der Waals surface area contributed by atoms with Gasteiger partial charge in [-0.15, -0.1) is 11.3 Å². The summed E-state index contributed by atoms with van der Waals surface area (Å²) in [5.74, 6) is 0.841. The fraction of sp³-hybridized carbons (Fsp3) is 0.214. The number of carbonyl (C=O) groups is 1. The molecule has 0 aliphatic rings. The van der Waals surface area contributed by atoms with Crippen molar-refractivity contribution in [3.8, 4) is 5.75 Å². The number of rotatable bonds is 5. The minimum absolute atomic E-state index is 0.00678. The lowest BCUT2D eigenvalue weighted by Crippen LogP contribution is -2.25. The quantitative estimate of drug-likeness (QED) is 0.800. The van der Waals surface area contributed by atoms with Crippen molar-refractivity contribution in [1.82, 2.24) is 5.32 Å². The molecular weight excluding hydrogens is 373 g/mol. The van der Waals surface area contributed by atoms with Crippen molar-refractivity contribution in [2.75, 3.05) is 13.7 Å². The summed E-state index contributed by atoms with van der Waals surface area (Å²) in [5.41, 5.74) is 1.92. The fourth-order valence-electron chi connectivity index (χ4n) is 1.64. The first-order chi connectivity index (χ1) is 9.19. The summed E-state index contributed by atoms with van der Waals surface area (Å²) in [5, 5.41) is 4.80. The maximum absolute atomic E-state index is 11.8. The number of hydrogen-bond acceptors (Lipinski definition) is 3. The molecule has 19 heavy (non-hydrogen) atoms. The van der Waals surface area contributed by atoms with Gasteiger partial charge in [0.25, 0.3) is 5.91 Å². The standard InChI is InChI=1S/C14H14INO2S/c1-18-12-4-2-10(3-5-12)6-7-16-14(17)11-8-13(15)19-9-11/h2-5,8-9H,6-7H2,1H3,(H,16,17). The molecule has 1 heterocycles. The highest BCUT2D eigenvalue weighted by molar-refractivity contribution is 14.1. The predicted molar refractivity (Wildman–Crippen MR) is 86.1 cm³/mol. The van der Waals surface area contributed by atoms with Crippen molar-refractivity contribution in [3.63, 3.8) is 0 Å². The van der Waals surface area contributed by atoms with Gasteiger partial charge in [-0.05, 0) is 52.8 Å². The van der Waals surface area contributed by atoms with Crippen molar-refractivity contribution in [3.05, 3.63) is 49.7 Å². The molecule has 0 radical (unpaired) electrons. The molecule has 0 bridgehead atoms. The Bertz CT molecular complexity index is 551. The number of amides is 1. The molecule has 0 spiro atoms. The minimum Gasteiger partial charge on any atom is -0.497 e. The van der Waals surface area contributed by atoms with Crippen molar-refractivity contribution in [1.29, 1.82) is 0 Å². The molecule has 0 fully saturated rings. The highest BCUT2D eigenvalue weighted by Crippen LogP contribution is 2.16. The van der Waals surface area contributed by atoms with Crippen LogP contribution < -0.4 is 10.1 Å². The molecule has 100 valence electrons. The zero-order chi connectivity index (χ0) is 13.7. The van der Waals surface area contributed by atoms with Crippen molar-refractivity contribution < 1.29 is 9.53 Å². The summed E-state index contributed by atoms with van der Waals surface area (Å²) in [6, 6.07) is 9.78. The van der Waals surface area contributed by atoms with Crippen LogP contribution in [0, 0.1) is 2.88 Å². The average Bonchev–Trinajstić information content (AvgIpc) is 2.86. The molecule has 0 aliphatic carbocycles. The third kappa shape index (κ3) is 4.21. The van der Waals surface area contributed by atoms with E-state index in [1.165, 1.54) is 5.56 Å². The predicted octanol–water partition coefficient (Wildman–Crippen LogP) is 3.33. The largest absolute Gasteiger partial charge is 0.497 e. The van der Waals surface area contributed by atoms with Crippen LogP contribution in [0.2, 0.25) is 0 Å². The van der Waals surface area contributed by atoms with E-state index in [-0.39, 0.29) is 5.91 Å². The van der Waals surface area contributed by atoms with Gasteiger partial charge in [0.15, 0.2) is 0 Å². The first-order valence-electron chi connectivity index (χ1n) is 5.84. The van der Waals surface area contributed by atoms with Gasteiger partial charge in [-0.1, -0.05) is 12.1 Å². The third-order valence-corrected chi connectivity index (χ3v) is 4.48. The highest BCUT2D eigenvalue weighted by atomic mass is 127. The smallest absolute Gasteiger partial charge is 0.252 e. The first-order valence-corrected chi connectivity index (χ1v) is 7.80. The Morgan fingerprint density at radius 1 is 1.37 bits per heavy atom. The molecule has 1 N–H and O–H groups in total. The molecule has 1 amide bonds. The van der Waals surface area contributed by atoms with Gasteiger partial charge in [0.1, 0.15) is 5.75 Å². The van der Waals surface area contributed by atoms with E-state index in [2.05, 4.69) is 27.9 Å². The Morgan fingerprint density at radius 2 is 2.11 bits per heavy atom. The molecule has 0 atom stereocenters. The van der Waals surface area contributed by atoms with Crippen molar-refractivity contribution in [2.24, 2.45) is 0 Å². The third-order valence-electron chi connectivity index (χ3n) is 2.69. The number of ether oxygens (including phenoxy) is 1. The second-order valence-electron chi connectivity index (χ2n) is 3.99. The number of carbonyl (C=O) groups excluding carboxylic acids is 1. The van der Waals surface area contributed by atoms with Crippen LogP contribution in [0.4, 0.5) is 0 Å². The van der Waals surface area contributed by atoms with Gasteiger partial charge in [0.05, 0.1) is 15.6 Å². The Hall–Kier alpha value is -1.08. The van der Waals surface area contributed by atoms with Crippen LogP contribution >= 0.6 is 33.9 Å². The van der Waals surface area contributed by atoms with Crippen LogP contribution in [-0.2, 0) is 6.42 Å². The van der Waals surface area contributed by atoms with Gasteiger partial charge < -0.3 is 10.1 Å². The lowest BCUT2D eigenvalue weighted by Gasteiger charge is -2.05. The lowest BCUT2D eigenvalue weighted by molar-refractivity contribution is 0.0954. The monoisotopic (exact) mass is 387 g/mol. The van der Waals surface area contributed by atoms with Gasteiger partial charge in [-0.25, -0.2) is 0 Å². The van der Waals surface area contributed by atoms with Crippen LogP contribution in [0.1, 0.15) is 15.9 Å². The average molecular weight is 387 g/mol. The van der Waals surface area contributed by atoms with Crippen LogP contribution in [0.5, 0.6) is 5.75 Å². The molecule has 0 aliphatic heterocycles. The number of thiophene rings is 1.